The van der Waals surface area contributed by atoms with E-state index >= 15 is 0 Å². The number of likely N-dealkylation sites (N-methyl/N-ethyl adjacent to an activating group) is 1. The Morgan fingerprint density at radius 1 is 1.24 bits per heavy atom. The standard InChI is InChI=1S/C15H17ClN4O/c1-19-6-8-20(9-7-19)15-17-13(10-14(21)18-15)11-2-4-12(16)5-3-11/h2-5,10H,6-9H2,1H3,(H,17,18,21)/p+1. The highest BCUT2D eigenvalue weighted by Gasteiger charge is 2.19. The zero-order valence-electron chi connectivity index (χ0n) is 11.9. The maximum Gasteiger partial charge on any atom is 0.252 e. The van der Waals surface area contributed by atoms with Gasteiger partial charge in [0.15, 0.2) is 0 Å². The van der Waals surface area contributed by atoms with E-state index in [-0.39, 0.29) is 5.56 Å². The molecule has 0 spiro atoms. The first-order valence-corrected chi connectivity index (χ1v) is 7.43. The molecule has 1 fully saturated rings. The van der Waals surface area contributed by atoms with Gasteiger partial charge in [-0.3, -0.25) is 9.78 Å². The first kappa shape index (κ1) is 14.1. The topological polar surface area (TPSA) is 53.4 Å². The summed E-state index contributed by atoms with van der Waals surface area (Å²) in [5.74, 6) is 0.653. The molecule has 110 valence electrons. The number of rotatable bonds is 2. The zero-order valence-corrected chi connectivity index (χ0v) is 12.7. The highest BCUT2D eigenvalue weighted by atomic mass is 35.5. The quantitative estimate of drug-likeness (QED) is 0.846. The van der Waals surface area contributed by atoms with Gasteiger partial charge in [-0.15, -0.1) is 0 Å². The van der Waals surface area contributed by atoms with Crippen molar-refractivity contribution < 1.29 is 4.90 Å². The number of hydrogen-bond donors (Lipinski definition) is 2. The van der Waals surface area contributed by atoms with E-state index in [0.29, 0.717) is 16.7 Å². The monoisotopic (exact) mass is 305 g/mol. The molecule has 0 aliphatic carbocycles. The third kappa shape index (κ3) is 3.25. The number of hydrogen-bond acceptors (Lipinski definition) is 3. The van der Waals surface area contributed by atoms with E-state index in [1.54, 1.807) is 12.1 Å². The van der Waals surface area contributed by atoms with Crippen LogP contribution in [0.15, 0.2) is 35.1 Å². The van der Waals surface area contributed by atoms with E-state index in [1.807, 2.05) is 12.1 Å². The summed E-state index contributed by atoms with van der Waals surface area (Å²) < 4.78 is 0. The molecular formula is C15H18ClN4O+. The van der Waals surface area contributed by atoms with E-state index in [2.05, 4.69) is 21.9 Å². The average Bonchev–Trinajstić information content (AvgIpc) is 2.48. The Morgan fingerprint density at radius 2 is 1.90 bits per heavy atom. The van der Waals surface area contributed by atoms with Gasteiger partial charge in [0, 0.05) is 16.7 Å². The van der Waals surface area contributed by atoms with Crippen molar-refractivity contribution >= 4 is 17.5 Å². The Hall–Kier alpha value is -1.85. The summed E-state index contributed by atoms with van der Waals surface area (Å²) in [6.07, 6.45) is 0. The maximum absolute atomic E-state index is 11.9. The number of benzene rings is 1. The summed E-state index contributed by atoms with van der Waals surface area (Å²) in [6.45, 7) is 3.90. The van der Waals surface area contributed by atoms with Gasteiger partial charge in [0.05, 0.1) is 38.9 Å². The van der Waals surface area contributed by atoms with Gasteiger partial charge in [-0.05, 0) is 12.1 Å². The third-order valence-corrected chi connectivity index (χ3v) is 4.04. The molecule has 1 aromatic carbocycles. The van der Waals surface area contributed by atoms with Crippen molar-refractivity contribution in [3.05, 3.63) is 45.7 Å². The molecule has 1 saturated heterocycles. The maximum atomic E-state index is 11.9. The highest BCUT2D eigenvalue weighted by molar-refractivity contribution is 6.30. The second-order valence-electron chi connectivity index (χ2n) is 5.41. The molecular weight excluding hydrogens is 288 g/mol. The van der Waals surface area contributed by atoms with Gasteiger partial charge in [-0.2, -0.15) is 0 Å². The fourth-order valence-corrected chi connectivity index (χ4v) is 2.59. The van der Waals surface area contributed by atoms with Gasteiger partial charge in [0.2, 0.25) is 5.95 Å². The minimum absolute atomic E-state index is 0.128. The van der Waals surface area contributed by atoms with Gasteiger partial charge in [0.25, 0.3) is 5.56 Å². The van der Waals surface area contributed by atoms with Crippen LogP contribution in [0.4, 0.5) is 5.95 Å². The third-order valence-electron chi connectivity index (χ3n) is 3.79. The van der Waals surface area contributed by atoms with Crippen molar-refractivity contribution in [2.45, 2.75) is 0 Å². The number of anilines is 1. The smallest absolute Gasteiger partial charge is 0.252 e. The molecule has 3 rings (SSSR count). The summed E-state index contributed by atoms with van der Waals surface area (Å²) >= 11 is 5.90. The predicted octanol–water partition coefficient (Wildman–Crippen LogP) is 0.425. The van der Waals surface area contributed by atoms with Crippen LogP contribution >= 0.6 is 11.6 Å². The van der Waals surface area contributed by atoms with Crippen molar-refractivity contribution in [1.82, 2.24) is 9.97 Å². The lowest BCUT2D eigenvalue weighted by Crippen LogP contribution is -3.12. The van der Waals surface area contributed by atoms with Crippen molar-refractivity contribution in [3.8, 4) is 11.3 Å². The molecule has 21 heavy (non-hydrogen) atoms. The first-order valence-electron chi connectivity index (χ1n) is 7.05. The molecule has 1 aliphatic rings. The normalized spacial score (nSPS) is 16.2. The van der Waals surface area contributed by atoms with Crippen LogP contribution in [0.5, 0.6) is 0 Å². The lowest BCUT2D eigenvalue weighted by molar-refractivity contribution is -0.880. The van der Waals surface area contributed by atoms with Gasteiger partial charge in [-0.1, -0.05) is 23.7 Å². The lowest BCUT2D eigenvalue weighted by Gasteiger charge is -2.30. The molecule has 0 radical (unpaired) electrons. The predicted molar refractivity (Wildman–Crippen MR) is 84.1 cm³/mol. The highest BCUT2D eigenvalue weighted by Crippen LogP contribution is 2.20. The van der Waals surface area contributed by atoms with E-state index in [1.165, 1.54) is 11.0 Å². The molecule has 0 saturated carbocycles. The second kappa shape index (κ2) is 5.87. The first-order chi connectivity index (χ1) is 10.1. The number of piperazine rings is 1. The van der Waals surface area contributed by atoms with E-state index in [0.717, 1.165) is 31.7 Å². The molecule has 1 aromatic heterocycles. The lowest BCUT2D eigenvalue weighted by atomic mass is 10.1. The Labute approximate surface area is 128 Å². The van der Waals surface area contributed by atoms with Gasteiger partial charge in [-0.25, -0.2) is 4.98 Å². The van der Waals surface area contributed by atoms with Gasteiger partial charge < -0.3 is 9.80 Å². The summed E-state index contributed by atoms with van der Waals surface area (Å²) in [4.78, 5) is 23.0. The number of nitrogens with one attached hydrogen (secondary N) is 2. The second-order valence-corrected chi connectivity index (χ2v) is 5.84. The molecule has 2 N–H and O–H groups in total. The van der Waals surface area contributed by atoms with Crippen LogP contribution in [0.3, 0.4) is 0 Å². The van der Waals surface area contributed by atoms with E-state index in [4.69, 9.17) is 11.6 Å². The summed E-state index contributed by atoms with van der Waals surface area (Å²) in [6, 6.07) is 8.88. The summed E-state index contributed by atoms with van der Waals surface area (Å²) in [7, 11) is 2.18. The number of quaternary nitrogens is 1. The molecule has 0 atom stereocenters. The molecule has 2 aromatic rings. The zero-order chi connectivity index (χ0) is 14.8. The van der Waals surface area contributed by atoms with Crippen molar-refractivity contribution in [1.29, 1.82) is 0 Å². The van der Waals surface area contributed by atoms with Crippen molar-refractivity contribution in [2.75, 3.05) is 38.1 Å². The minimum atomic E-state index is -0.128. The number of H-pyrrole nitrogens is 1. The van der Waals surface area contributed by atoms with Crippen molar-refractivity contribution in [3.63, 3.8) is 0 Å². The van der Waals surface area contributed by atoms with Crippen molar-refractivity contribution in [2.24, 2.45) is 0 Å². The number of aromatic nitrogens is 2. The number of nitrogens with zero attached hydrogens (tertiary/aromatic N) is 2. The summed E-state index contributed by atoms with van der Waals surface area (Å²) in [5.41, 5.74) is 1.44. The SMILES string of the molecule is C[NH+]1CCN(c2nc(-c3ccc(Cl)cc3)cc(=O)[nH]2)CC1. The molecule has 0 bridgehead atoms. The molecule has 2 heterocycles. The fourth-order valence-electron chi connectivity index (χ4n) is 2.46. The van der Waals surface area contributed by atoms with Crippen LogP contribution < -0.4 is 15.4 Å². The largest absolute Gasteiger partial charge is 0.334 e. The van der Waals surface area contributed by atoms with Crippen LogP contribution in [-0.2, 0) is 0 Å². The number of aromatic amines is 1. The van der Waals surface area contributed by atoms with Gasteiger partial charge >= 0.3 is 0 Å². The Bertz CT molecular complexity index is 675. The van der Waals surface area contributed by atoms with Gasteiger partial charge in [0.1, 0.15) is 0 Å². The fraction of sp³-hybridized carbons (Fsp3) is 0.333. The van der Waals surface area contributed by atoms with E-state index in [9.17, 15) is 4.79 Å². The van der Waals surface area contributed by atoms with Crippen LogP contribution in [-0.4, -0.2) is 43.2 Å². The Morgan fingerprint density at radius 3 is 2.57 bits per heavy atom. The Kier molecular flexibility index (Phi) is 3.94. The van der Waals surface area contributed by atoms with Crippen LogP contribution in [0.2, 0.25) is 5.02 Å². The van der Waals surface area contributed by atoms with E-state index < -0.39 is 0 Å². The molecule has 0 amide bonds. The molecule has 0 unspecified atom stereocenters. The Balaban J connectivity index is 1.93. The number of halogens is 1. The molecule has 1 aliphatic heterocycles. The van der Waals surface area contributed by atoms with Crippen LogP contribution in [0.25, 0.3) is 11.3 Å². The minimum Gasteiger partial charge on any atom is -0.334 e. The molecule has 5 nitrogen and oxygen atoms in total. The molecule has 6 heteroatoms. The summed E-state index contributed by atoms with van der Waals surface area (Å²) in [5, 5.41) is 0.672. The van der Waals surface area contributed by atoms with Crippen LogP contribution in [0, 0.1) is 0 Å². The van der Waals surface area contributed by atoms with Crippen LogP contribution in [0.1, 0.15) is 0 Å². The average molecular weight is 306 g/mol.